The first kappa shape index (κ1) is 18.2. The summed E-state index contributed by atoms with van der Waals surface area (Å²) in [5.74, 6) is 1.02. The Morgan fingerprint density at radius 1 is 0.931 bits per heavy atom. The zero-order chi connectivity index (χ0) is 20.1. The predicted molar refractivity (Wildman–Crippen MR) is 110 cm³/mol. The Labute approximate surface area is 167 Å². The fourth-order valence-corrected chi connectivity index (χ4v) is 3.14. The van der Waals surface area contributed by atoms with Crippen LogP contribution in [0.1, 0.15) is 10.4 Å². The molecule has 0 radical (unpaired) electrons. The van der Waals surface area contributed by atoms with Crippen molar-refractivity contribution in [2.45, 2.75) is 6.54 Å². The molecule has 140 valence electrons. The maximum absolute atomic E-state index is 12.9. The zero-order valence-electron chi connectivity index (χ0n) is 15.5. The van der Waals surface area contributed by atoms with E-state index in [1.807, 2.05) is 59.2 Å². The van der Waals surface area contributed by atoms with E-state index in [1.54, 1.807) is 36.4 Å². The fraction of sp³-hybridized carbons (Fsp3) is 0.0435. The molecule has 0 fully saturated rings. The molecule has 0 saturated heterocycles. The normalized spacial score (nSPS) is 10.3. The number of aromatic nitrogens is 1. The van der Waals surface area contributed by atoms with Crippen LogP contribution in [0.15, 0.2) is 96.1 Å². The van der Waals surface area contributed by atoms with Crippen LogP contribution in [0.4, 0.5) is 5.69 Å². The second-order valence-corrected chi connectivity index (χ2v) is 6.39. The van der Waals surface area contributed by atoms with Crippen LogP contribution in [0.2, 0.25) is 0 Å². The van der Waals surface area contributed by atoms with Crippen molar-refractivity contribution in [3.05, 3.63) is 107 Å². The standard InChI is InChI=1S/C23H17N4O2/c24-26-25-19-10-6-11-20(15-19)29-23-14-13-17-7-4-5-12-21(17)27(23)16-22(28)18-8-2-1-3-9-18/h1-15H,16H2/q+1. The van der Waals surface area contributed by atoms with E-state index in [2.05, 4.69) is 10.0 Å². The molecule has 0 bridgehead atoms. The number of rotatable bonds is 6. The van der Waals surface area contributed by atoms with Gasteiger partial charge < -0.3 is 4.74 Å². The van der Waals surface area contributed by atoms with E-state index in [1.165, 1.54) is 0 Å². The summed E-state index contributed by atoms with van der Waals surface area (Å²) in [6.45, 7) is 0.136. The molecular weight excluding hydrogens is 364 g/mol. The second kappa shape index (κ2) is 8.25. The summed E-state index contributed by atoms with van der Waals surface area (Å²) in [6.07, 6.45) is 0. The van der Waals surface area contributed by atoms with Gasteiger partial charge in [0.25, 0.3) is 0 Å². The molecule has 0 aliphatic heterocycles. The summed E-state index contributed by atoms with van der Waals surface area (Å²) < 4.78 is 7.92. The monoisotopic (exact) mass is 381 g/mol. The smallest absolute Gasteiger partial charge is 0.374 e. The van der Waals surface area contributed by atoms with Gasteiger partial charge in [-0.2, -0.15) is 4.57 Å². The molecule has 1 heterocycles. The van der Waals surface area contributed by atoms with Gasteiger partial charge in [-0.25, -0.2) is 0 Å². The number of benzene rings is 3. The molecule has 6 heteroatoms. The Hall–Kier alpha value is -4.15. The van der Waals surface area contributed by atoms with Crippen molar-refractivity contribution in [1.29, 1.82) is 0 Å². The number of pyridine rings is 1. The molecule has 0 amide bonds. The molecule has 0 N–H and O–H groups in total. The molecule has 29 heavy (non-hydrogen) atoms. The molecule has 0 spiro atoms. The van der Waals surface area contributed by atoms with Crippen LogP contribution in [0, 0.1) is 0 Å². The molecule has 0 aliphatic rings. The molecule has 1 aromatic heterocycles. The molecule has 0 atom stereocenters. The largest absolute Gasteiger partial charge is 0.405 e. The van der Waals surface area contributed by atoms with Gasteiger partial charge in [0.05, 0.1) is 6.07 Å². The predicted octanol–water partition coefficient (Wildman–Crippen LogP) is 5.74. The number of nitrogens with zero attached hydrogens (tertiary/aromatic N) is 4. The summed E-state index contributed by atoms with van der Waals surface area (Å²) >= 11 is 0. The summed E-state index contributed by atoms with van der Waals surface area (Å²) in [4.78, 5) is 15.7. The fourth-order valence-electron chi connectivity index (χ4n) is 3.14. The van der Waals surface area contributed by atoms with Crippen LogP contribution in [0.5, 0.6) is 11.6 Å². The zero-order valence-corrected chi connectivity index (χ0v) is 15.5. The topological polar surface area (TPSA) is 78.9 Å². The van der Waals surface area contributed by atoms with E-state index in [0.717, 1.165) is 10.9 Å². The van der Waals surface area contributed by atoms with Crippen molar-refractivity contribution in [3.8, 4) is 11.6 Å². The molecule has 0 unspecified atom stereocenters. The quantitative estimate of drug-likeness (QED) is 0.140. The third kappa shape index (κ3) is 4.08. The van der Waals surface area contributed by atoms with Gasteiger partial charge >= 0.3 is 5.88 Å². The first-order valence-corrected chi connectivity index (χ1v) is 9.07. The van der Waals surface area contributed by atoms with Crippen LogP contribution in [0.25, 0.3) is 21.3 Å². The highest BCUT2D eigenvalue weighted by Crippen LogP contribution is 2.25. The maximum atomic E-state index is 12.9. The Morgan fingerprint density at radius 2 is 1.72 bits per heavy atom. The summed E-state index contributed by atoms with van der Waals surface area (Å²) in [5, 5.41) is 4.61. The molecule has 6 nitrogen and oxygen atoms in total. The maximum Gasteiger partial charge on any atom is 0.374 e. The van der Waals surface area contributed by atoms with E-state index in [0.29, 0.717) is 22.9 Å². The van der Waals surface area contributed by atoms with Gasteiger partial charge in [-0.15, -0.1) is 0 Å². The molecule has 3 aromatic carbocycles. The summed E-state index contributed by atoms with van der Waals surface area (Å²) in [7, 11) is 0. The van der Waals surface area contributed by atoms with Gasteiger partial charge in [-0.05, 0) is 29.8 Å². The number of hydrogen-bond acceptors (Lipinski definition) is 3. The highest BCUT2D eigenvalue weighted by atomic mass is 16.5. The number of carbonyl (C=O) groups excluding carboxylic acids is 1. The van der Waals surface area contributed by atoms with Gasteiger partial charge in [0.15, 0.2) is 0 Å². The second-order valence-electron chi connectivity index (χ2n) is 6.39. The van der Waals surface area contributed by atoms with E-state index in [9.17, 15) is 4.79 Å². The summed E-state index contributed by atoms with van der Waals surface area (Å²) in [6, 6.07) is 27.7. The molecular formula is C23H17N4O2+. The average molecular weight is 381 g/mol. The molecule has 0 aliphatic carbocycles. The lowest BCUT2D eigenvalue weighted by Crippen LogP contribution is -2.40. The SMILES string of the molecule is [N-]=[N+]=Nc1cccc(Oc2ccc3ccccc3[n+]2CC(=O)c2ccccc2)c1. The minimum Gasteiger partial charge on any atom is -0.405 e. The lowest BCUT2D eigenvalue weighted by molar-refractivity contribution is -0.661. The number of azide groups is 1. The van der Waals surface area contributed by atoms with Crippen molar-refractivity contribution < 1.29 is 14.1 Å². The Bertz CT molecular complexity index is 1230. The van der Waals surface area contributed by atoms with Crippen LogP contribution in [-0.2, 0) is 6.54 Å². The number of hydrogen-bond donors (Lipinski definition) is 0. The molecule has 4 rings (SSSR count). The third-order valence-electron chi connectivity index (χ3n) is 4.50. The number of para-hydroxylation sites is 1. The van der Waals surface area contributed by atoms with Crippen molar-refractivity contribution in [2.24, 2.45) is 5.11 Å². The number of ether oxygens (including phenoxy) is 1. The van der Waals surface area contributed by atoms with Crippen LogP contribution >= 0.6 is 0 Å². The Morgan fingerprint density at radius 3 is 2.55 bits per heavy atom. The van der Waals surface area contributed by atoms with E-state index < -0.39 is 0 Å². The minimum absolute atomic E-state index is 0.0142. The highest BCUT2D eigenvalue weighted by Gasteiger charge is 2.22. The lowest BCUT2D eigenvalue weighted by Gasteiger charge is -2.09. The number of carbonyl (C=O) groups is 1. The van der Waals surface area contributed by atoms with Gasteiger partial charge in [0.1, 0.15) is 5.75 Å². The first-order chi connectivity index (χ1) is 14.2. The number of ketones is 1. The van der Waals surface area contributed by atoms with E-state index in [4.69, 9.17) is 10.3 Å². The first-order valence-electron chi connectivity index (χ1n) is 9.07. The van der Waals surface area contributed by atoms with Crippen LogP contribution in [0.3, 0.4) is 0 Å². The van der Waals surface area contributed by atoms with Gasteiger partial charge in [0.2, 0.25) is 17.8 Å². The van der Waals surface area contributed by atoms with Gasteiger partial charge in [-0.3, -0.25) is 4.79 Å². The van der Waals surface area contributed by atoms with Crippen LogP contribution < -0.4 is 9.30 Å². The van der Waals surface area contributed by atoms with Gasteiger partial charge in [-0.1, -0.05) is 59.7 Å². The van der Waals surface area contributed by atoms with Gasteiger partial charge in [0, 0.05) is 27.6 Å². The van der Waals surface area contributed by atoms with Crippen LogP contribution in [-0.4, -0.2) is 5.78 Å². The van der Waals surface area contributed by atoms with Crippen molar-refractivity contribution in [1.82, 2.24) is 0 Å². The van der Waals surface area contributed by atoms with E-state index in [-0.39, 0.29) is 12.3 Å². The number of fused-ring (bicyclic) bond motifs is 1. The van der Waals surface area contributed by atoms with E-state index >= 15 is 0 Å². The minimum atomic E-state index is -0.0142. The Kier molecular flexibility index (Phi) is 5.18. The van der Waals surface area contributed by atoms with Crippen molar-refractivity contribution in [2.75, 3.05) is 0 Å². The average Bonchev–Trinajstić information content (AvgIpc) is 2.76. The third-order valence-corrected chi connectivity index (χ3v) is 4.50. The lowest BCUT2D eigenvalue weighted by atomic mass is 10.1. The van der Waals surface area contributed by atoms with Crippen molar-refractivity contribution in [3.63, 3.8) is 0 Å². The summed E-state index contributed by atoms with van der Waals surface area (Å²) in [5.41, 5.74) is 10.6. The molecule has 4 aromatic rings. The molecule has 0 saturated carbocycles. The Balaban J connectivity index is 1.76. The van der Waals surface area contributed by atoms with Crippen molar-refractivity contribution >= 4 is 22.4 Å². The highest BCUT2D eigenvalue weighted by molar-refractivity contribution is 5.95. The number of Topliss-reactive ketones (excluding diaryl/α,β-unsaturated/α-hetero) is 1.